The SMILES string of the molecule is CCCCCCCCc1ccc(C2(c3ccc(CCCCCCCC)cc3)c3cc4c(cc3-c3cc5c(cc32)-c2cc3c(cc2C5(c2ccc(CCCCCCCC)cc2)c2ccc(CCCCCCCC)cc2)-c2ccc(N5c6ccccc6Sc6ccccc65)cc2C3(CCCCCCCC)CCCCCCCC)C(CCCCCCCC)(CCCCCCCC)c2cc(/C=C(\C#N)C(=O)O)ccc2-4)cc1. The fraction of sp³-hybridized carbons (Fsp3) is 0.493. The number of carbonyl (C=O) groups is 1. The Morgan fingerprint density at radius 2 is 0.531 bits per heavy atom. The molecule has 4 nitrogen and oxygen atoms in total. The van der Waals surface area contributed by atoms with Crippen molar-refractivity contribution >= 4 is 40.9 Å². The molecule has 754 valence electrons. The van der Waals surface area contributed by atoms with E-state index < -0.39 is 22.2 Å². The van der Waals surface area contributed by atoms with Crippen LogP contribution >= 0.6 is 11.8 Å². The molecule has 0 unspecified atom stereocenters. The number of carboxylic acid groups (broad SMARTS) is 1. The van der Waals surface area contributed by atoms with Gasteiger partial charge in [-0.1, -0.05) is 495 Å². The third-order valence-corrected chi connectivity index (χ3v) is 35.5. The van der Waals surface area contributed by atoms with Gasteiger partial charge in [-0.2, -0.15) is 5.26 Å². The van der Waals surface area contributed by atoms with Crippen LogP contribution in [-0.2, 0) is 52.1 Å². The fourth-order valence-electron chi connectivity index (χ4n) is 26.5. The van der Waals surface area contributed by atoms with Gasteiger partial charge >= 0.3 is 5.97 Å². The number of fused-ring (bicyclic) bond motifs is 14. The summed E-state index contributed by atoms with van der Waals surface area (Å²) in [5, 5.41) is 21.3. The van der Waals surface area contributed by atoms with Crippen molar-refractivity contribution in [1.82, 2.24) is 0 Å². The second-order valence-corrected chi connectivity index (χ2v) is 45.4. The minimum atomic E-state index is -1.19. The molecule has 0 saturated carbocycles. The quantitative estimate of drug-likeness (QED) is 0.0234. The lowest BCUT2D eigenvalue weighted by atomic mass is 9.65. The molecule has 143 heavy (non-hydrogen) atoms. The first kappa shape index (κ1) is 106. The van der Waals surface area contributed by atoms with Crippen molar-refractivity contribution in [2.24, 2.45) is 0 Å². The second-order valence-electron chi connectivity index (χ2n) is 44.3. The van der Waals surface area contributed by atoms with E-state index in [1.165, 1.54) is 443 Å². The molecule has 5 aliphatic rings. The summed E-state index contributed by atoms with van der Waals surface area (Å²) in [6.45, 7) is 18.8. The van der Waals surface area contributed by atoms with E-state index in [1.807, 2.05) is 11.8 Å². The highest BCUT2D eigenvalue weighted by molar-refractivity contribution is 7.99. The maximum Gasteiger partial charge on any atom is 0.346 e. The van der Waals surface area contributed by atoms with Gasteiger partial charge in [-0.15, -0.1) is 0 Å². The van der Waals surface area contributed by atoms with Crippen LogP contribution in [0.25, 0.3) is 50.6 Å². The molecule has 11 aromatic rings. The van der Waals surface area contributed by atoms with Crippen LogP contribution in [0.4, 0.5) is 17.1 Å². The van der Waals surface area contributed by atoms with Crippen LogP contribution in [0.5, 0.6) is 0 Å². The summed E-state index contributed by atoms with van der Waals surface area (Å²) in [5.74, 6) is -1.19. The van der Waals surface area contributed by atoms with Gasteiger partial charge in [-0.25, -0.2) is 4.79 Å². The Balaban J connectivity index is 1.02. The summed E-state index contributed by atoms with van der Waals surface area (Å²) < 4.78 is 0. The van der Waals surface area contributed by atoms with Gasteiger partial charge in [0.05, 0.1) is 22.2 Å². The van der Waals surface area contributed by atoms with Crippen LogP contribution in [-0.4, -0.2) is 11.1 Å². The third kappa shape index (κ3) is 23.6. The average Bonchev–Trinajstić information content (AvgIpc) is 1.49. The summed E-state index contributed by atoms with van der Waals surface area (Å²) in [4.78, 5) is 18.3. The predicted octanol–water partition coefficient (Wildman–Crippen LogP) is 41.5. The molecule has 1 N–H and O–H groups in total. The van der Waals surface area contributed by atoms with Crippen molar-refractivity contribution in [1.29, 1.82) is 5.26 Å². The molecule has 0 atom stereocenters. The highest BCUT2D eigenvalue weighted by Gasteiger charge is 2.56. The Morgan fingerprint density at radius 3 is 0.825 bits per heavy atom. The first-order valence-electron chi connectivity index (χ1n) is 58.7. The molecule has 16 rings (SSSR count). The van der Waals surface area contributed by atoms with Crippen LogP contribution in [0.2, 0.25) is 0 Å². The van der Waals surface area contributed by atoms with Crippen LogP contribution in [0.1, 0.15) is 484 Å². The number of unbranched alkanes of at least 4 members (excludes halogenated alkanes) is 40. The molecule has 0 aromatic heterocycles. The van der Waals surface area contributed by atoms with Crippen molar-refractivity contribution < 1.29 is 9.90 Å². The molecular formula is C138H174N2O2S. The first-order valence-corrected chi connectivity index (χ1v) is 59.5. The van der Waals surface area contributed by atoms with Gasteiger partial charge in [-0.3, -0.25) is 0 Å². The Labute approximate surface area is 870 Å². The monoisotopic (exact) mass is 1920 g/mol. The number of hydrogen-bond donors (Lipinski definition) is 1. The minimum Gasteiger partial charge on any atom is -0.477 e. The molecule has 0 spiro atoms. The van der Waals surface area contributed by atoms with E-state index >= 15 is 0 Å². The van der Waals surface area contributed by atoms with E-state index in [0.717, 1.165) is 82.6 Å². The van der Waals surface area contributed by atoms with Crippen molar-refractivity contribution in [2.75, 3.05) is 4.90 Å². The lowest BCUT2D eigenvalue weighted by molar-refractivity contribution is -0.132. The number of para-hydroxylation sites is 2. The van der Waals surface area contributed by atoms with Gasteiger partial charge in [-0.05, 0) is 295 Å². The van der Waals surface area contributed by atoms with Gasteiger partial charge in [0.2, 0.25) is 0 Å². The summed E-state index contributed by atoms with van der Waals surface area (Å²) in [5.41, 5.74) is 35.2. The second kappa shape index (κ2) is 52.5. The van der Waals surface area contributed by atoms with Crippen molar-refractivity contribution in [3.05, 3.63) is 319 Å². The molecule has 0 saturated heterocycles. The molecule has 0 amide bonds. The molecule has 0 fully saturated rings. The van der Waals surface area contributed by atoms with E-state index in [4.69, 9.17) is 0 Å². The number of aryl methyl sites for hydroxylation is 4. The number of benzene rings is 11. The number of nitrogens with zero attached hydrogens (tertiary/aromatic N) is 2. The van der Waals surface area contributed by atoms with Crippen LogP contribution in [0.15, 0.2) is 234 Å². The third-order valence-electron chi connectivity index (χ3n) is 34.4. The number of hydrogen-bond acceptors (Lipinski definition) is 4. The maximum absolute atomic E-state index is 13.1. The van der Waals surface area contributed by atoms with Gasteiger partial charge < -0.3 is 10.0 Å². The van der Waals surface area contributed by atoms with Crippen molar-refractivity contribution in [3.8, 4) is 50.6 Å². The molecule has 5 heteroatoms. The Kier molecular flexibility index (Phi) is 39.0. The Morgan fingerprint density at radius 1 is 0.280 bits per heavy atom. The standard InChI is InChI=1S/C138H174N2O2S/c1-9-17-25-33-41-49-61-103-69-78-109(79-70-103)137(110-80-71-104(72-81-110)62-50-42-34-26-18-10-2)126-98-116-114-87-77-107(93-108(102-139)134(141)142)94-122(114)135(89-57-45-37-29-21-13-5,90-58-46-38-30-22-14-6)124(116)96-118(126)120-100-129-121(101-128(120)137)119-97-125-117(99-127(119)138(129,111-82-73-105(74-83-111)63-51-43-35-27-19-11-3)112-84-75-106(76-85-112)64-52-44-36-28-20-12-4)115-88-86-113(140-130-65-53-55-67-132(130)143-133-68-56-54-66-131(133)140)95-123(115)136(125,91-59-47-39-31-23-15-7)92-60-48-40-32-24-16-8/h53-56,65-88,93-101H,9-52,57-64,89-92H2,1-8H3,(H,141,142)/b108-93+. The van der Waals surface area contributed by atoms with Crippen LogP contribution < -0.4 is 4.90 Å². The lowest BCUT2D eigenvalue weighted by Gasteiger charge is -2.36. The molecular weight excluding hydrogens is 1750 g/mol. The number of nitriles is 1. The topological polar surface area (TPSA) is 64.3 Å². The van der Waals surface area contributed by atoms with Gasteiger partial charge in [0.15, 0.2) is 0 Å². The smallest absolute Gasteiger partial charge is 0.346 e. The zero-order valence-corrected chi connectivity index (χ0v) is 90.4. The van der Waals surface area contributed by atoms with E-state index in [-0.39, 0.29) is 11.0 Å². The van der Waals surface area contributed by atoms with Crippen LogP contribution in [0.3, 0.4) is 0 Å². The summed E-state index contributed by atoms with van der Waals surface area (Å²) in [6.07, 6.45) is 69.7. The largest absolute Gasteiger partial charge is 0.477 e. The number of carboxylic acids is 1. The molecule has 0 radical (unpaired) electrons. The molecule has 11 aromatic carbocycles. The molecule has 1 heterocycles. The summed E-state index contributed by atoms with van der Waals surface area (Å²) in [7, 11) is 0. The summed E-state index contributed by atoms with van der Waals surface area (Å²) in [6, 6.07) is 93.7. The zero-order chi connectivity index (χ0) is 99.2. The zero-order valence-electron chi connectivity index (χ0n) is 89.6. The molecule has 0 bridgehead atoms. The van der Waals surface area contributed by atoms with Gasteiger partial charge in [0, 0.05) is 26.3 Å². The highest BCUT2D eigenvalue weighted by Crippen LogP contribution is 2.68. The first-order chi connectivity index (χ1) is 70.4. The number of rotatable bonds is 63. The van der Waals surface area contributed by atoms with Crippen molar-refractivity contribution in [3.63, 3.8) is 0 Å². The molecule has 1 aliphatic heterocycles. The normalized spacial score (nSPS) is 14.3. The lowest BCUT2D eigenvalue weighted by Crippen LogP contribution is -2.30. The number of aliphatic carboxylic acids is 1. The molecule has 4 aliphatic carbocycles. The van der Waals surface area contributed by atoms with Gasteiger partial charge in [0.25, 0.3) is 0 Å². The average molecular weight is 1920 g/mol. The van der Waals surface area contributed by atoms with Gasteiger partial charge in [0.1, 0.15) is 11.6 Å². The Bertz CT molecular complexity index is 5810. The van der Waals surface area contributed by atoms with E-state index in [2.05, 4.69) is 285 Å². The van der Waals surface area contributed by atoms with Crippen LogP contribution in [0, 0.1) is 11.3 Å². The van der Waals surface area contributed by atoms with E-state index in [0.29, 0.717) is 0 Å². The number of anilines is 3. The summed E-state index contributed by atoms with van der Waals surface area (Å²) >= 11 is 1.91. The van der Waals surface area contributed by atoms with E-state index in [9.17, 15) is 15.2 Å². The fourth-order valence-corrected chi connectivity index (χ4v) is 27.5. The van der Waals surface area contributed by atoms with Crippen molar-refractivity contribution in [2.45, 2.75) is 446 Å². The highest BCUT2D eigenvalue weighted by atomic mass is 32.2. The Hall–Kier alpha value is -9.73. The maximum atomic E-state index is 13.1. The van der Waals surface area contributed by atoms with E-state index in [1.54, 1.807) is 6.08 Å². The minimum absolute atomic E-state index is 0.233. The predicted molar refractivity (Wildman–Crippen MR) is 614 cm³/mol.